The third-order valence-corrected chi connectivity index (χ3v) is 5.38. The van der Waals surface area contributed by atoms with Crippen molar-refractivity contribution in [2.45, 2.75) is 6.92 Å². The van der Waals surface area contributed by atoms with E-state index in [2.05, 4.69) is 10.2 Å². The van der Waals surface area contributed by atoms with Crippen LogP contribution in [-0.4, -0.2) is 68.8 Å². The Balaban J connectivity index is 2.16. The van der Waals surface area contributed by atoms with Crippen molar-refractivity contribution in [3.63, 3.8) is 0 Å². The Morgan fingerprint density at radius 1 is 1.04 bits per heavy atom. The van der Waals surface area contributed by atoms with Crippen LogP contribution < -0.4 is 0 Å². The fraction of sp³-hybridized carbons (Fsp3) is 0.333. The molecule has 134 valence electrons. The van der Waals surface area contributed by atoms with Crippen LogP contribution in [0.1, 0.15) is 6.92 Å². The highest BCUT2D eigenvalue weighted by Gasteiger charge is 2.16. The van der Waals surface area contributed by atoms with Crippen molar-refractivity contribution in [2.75, 3.05) is 33.4 Å². The number of quaternary nitrogens is 1. The molecule has 2 rings (SSSR count). The maximum absolute atomic E-state index is 12.5. The highest BCUT2D eigenvalue weighted by Crippen LogP contribution is 2.07. The largest absolute Gasteiger partial charge is 0.330 e. The molecule has 2 aliphatic carbocycles. The lowest BCUT2D eigenvalue weighted by Crippen LogP contribution is -2.39. The summed E-state index contributed by atoms with van der Waals surface area (Å²) in [7, 11) is 2.86. The summed E-state index contributed by atoms with van der Waals surface area (Å²) >= 11 is 0. The molecule has 0 aromatic rings. The van der Waals surface area contributed by atoms with Crippen LogP contribution in [0.2, 0.25) is 0 Å². The van der Waals surface area contributed by atoms with Crippen molar-refractivity contribution in [1.82, 2.24) is 0 Å². The first-order valence-corrected chi connectivity index (χ1v) is 9.59. The lowest BCUT2D eigenvalue weighted by Gasteiger charge is -2.24. The van der Waals surface area contributed by atoms with E-state index < -0.39 is 9.80 Å². The predicted octanol–water partition coefficient (Wildman–Crippen LogP) is 1.63. The van der Waals surface area contributed by atoms with Gasteiger partial charge < -0.3 is 9.04 Å². The van der Waals surface area contributed by atoms with Crippen LogP contribution in [0.15, 0.2) is 58.3 Å². The number of allylic oxidation sites excluding steroid dienone is 8. The molecule has 0 aromatic heterocycles. The Hall–Kier alpha value is -2.09. The maximum Gasteiger partial charge on any atom is 0.206 e. The predicted molar refractivity (Wildman–Crippen MR) is 105 cm³/mol. The zero-order valence-corrected chi connectivity index (χ0v) is 15.8. The van der Waals surface area contributed by atoms with E-state index in [0.29, 0.717) is 21.6 Å². The van der Waals surface area contributed by atoms with Gasteiger partial charge in [0.25, 0.3) is 0 Å². The van der Waals surface area contributed by atoms with Crippen LogP contribution >= 0.6 is 0 Å². The van der Waals surface area contributed by atoms with Crippen molar-refractivity contribution in [1.29, 1.82) is 0 Å². The molecule has 0 saturated carbocycles. The van der Waals surface area contributed by atoms with Crippen LogP contribution in [0.25, 0.3) is 0 Å². The Morgan fingerprint density at radius 3 is 2.28 bits per heavy atom. The number of hydrogen-bond donors (Lipinski definition) is 1. The molecule has 6 nitrogen and oxygen atoms in total. The molecule has 0 fully saturated rings. The molecule has 1 atom stereocenters. The molecule has 25 heavy (non-hydrogen) atoms. The topological polar surface area (TPSA) is 79.1 Å². The molecule has 7 heteroatoms. The molecule has 0 amide bonds. The average Bonchev–Trinajstić information content (AvgIpc) is 2.54. The van der Waals surface area contributed by atoms with E-state index in [9.17, 15) is 13.6 Å². The minimum Gasteiger partial charge on any atom is -0.330 e. The summed E-state index contributed by atoms with van der Waals surface area (Å²) in [5, 5.41) is 8.01. The Kier molecular flexibility index (Phi) is 5.72. The molecule has 2 aliphatic rings. The summed E-state index contributed by atoms with van der Waals surface area (Å²) < 4.78 is 23.3. The Bertz CT molecular complexity index is 854. The van der Waals surface area contributed by atoms with Crippen LogP contribution in [0.5, 0.6) is 0 Å². The van der Waals surface area contributed by atoms with Gasteiger partial charge in [0.05, 0.1) is 53.8 Å². The quantitative estimate of drug-likeness (QED) is 0.357. The molecule has 0 heterocycles. The molecule has 0 aliphatic heterocycles. The molecule has 0 spiro atoms. The van der Waals surface area contributed by atoms with Gasteiger partial charge in [-0.3, -0.25) is 4.79 Å². The number of rotatable bonds is 4. The van der Waals surface area contributed by atoms with Crippen LogP contribution in [0, 0.1) is 0 Å². The summed E-state index contributed by atoms with van der Waals surface area (Å²) in [6.45, 7) is 2.47. The first-order chi connectivity index (χ1) is 11.6. The van der Waals surface area contributed by atoms with Gasteiger partial charge in [-0.25, -0.2) is 4.21 Å². The molecule has 1 N–H and O–H groups in total. The van der Waals surface area contributed by atoms with E-state index in [4.69, 9.17) is 0 Å². The Labute approximate surface area is 149 Å². The molecule has 0 radical (unpaired) electrons. The minimum absolute atomic E-state index is 0.190. The first kappa shape index (κ1) is 19.2. The van der Waals surface area contributed by atoms with Gasteiger partial charge in [0, 0.05) is 0 Å². The van der Waals surface area contributed by atoms with Crippen molar-refractivity contribution in [3.8, 4) is 0 Å². The summed E-state index contributed by atoms with van der Waals surface area (Å²) in [6, 6.07) is 0. The first-order valence-electron chi connectivity index (χ1n) is 7.91. The van der Waals surface area contributed by atoms with Gasteiger partial charge in [-0.05, 0) is 49.0 Å². The molecular formula is C18H24N3O3S+. The van der Waals surface area contributed by atoms with Gasteiger partial charge in [0.2, 0.25) is 5.78 Å². The lowest BCUT2D eigenvalue weighted by atomic mass is 10.1. The summed E-state index contributed by atoms with van der Waals surface area (Å²) in [6.07, 6.45) is 11.3. The van der Waals surface area contributed by atoms with Crippen molar-refractivity contribution in [3.05, 3.63) is 48.1 Å². The second-order valence-electron chi connectivity index (χ2n) is 7.02. The number of nitrogens with zero attached hydrogens (tertiary/aromatic N) is 3. The van der Waals surface area contributed by atoms with Gasteiger partial charge in [-0.2, -0.15) is 5.10 Å². The monoisotopic (exact) mass is 362 g/mol. The van der Waals surface area contributed by atoms with Crippen LogP contribution in [-0.2, 0) is 14.6 Å². The third-order valence-electron chi connectivity index (χ3n) is 3.63. The van der Waals surface area contributed by atoms with Crippen LogP contribution in [0.3, 0.4) is 0 Å². The number of hydrogen-bond acceptors (Lipinski definition) is 4. The van der Waals surface area contributed by atoms with Crippen molar-refractivity contribution in [2.24, 2.45) is 10.2 Å². The van der Waals surface area contributed by atoms with Gasteiger partial charge in [0.15, 0.2) is 0 Å². The van der Waals surface area contributed by atoms with Crippen molar-refractivity contribution >= 4 is 31.9 Å². The van der Waals surface area contributed by atoms with Gasteiger partial charge in [-0.1, -0.05) is 6.08 Å². The van der Waals surface area contributed by atoms with E-state index in [-0.39, 0.29) is 17.2 Å². The fourth-order valence-corrected chi connectivity index (χ4v) is 3.65. The molecule has 0 saturated heterocycles. The zero-order valence-electron chi connectivity index (χ0n) is 15.0. The summed E-state index contributed by atoms with van der Waals surface area (Å²) in [5.41, 5.74) is 1.73. The van der Waals surface area contributed by atoms with E-state index in [1.54, 1.807) is 36.5 Å². The smallest absolute Gasteiger partial charge is 0.206 e. The average molecular weight is 362 g/mol. The molecular weight excluding hydrogens is 338 g/mol. The molecule has 0 bridgehead atoms. The second-order valence-corrected chi connectivity index (χ2v) is 9.18. The minimum atomic E-state index is -3.08. The number of carbonyl (C=O) groups is 1. The second kappa shape index (κ2) is 7.43. The highest BCUT2D eigenvalue weighted by molar-refractivity contribution is 7.97. The summed E-state index contributed by atoms with van der Waals surface area (Å²) in [4.78, 5) is 12.1. The third kappa shape index (κ3) is 5.74. The van der Waals surface area contributed by atoms with Crippen molar-refractivity contribution < 1.29 is 18.0 Å². The van der Waals surface area contributed by atoms with Gasteiger partial charge >= 0.3 is 0 Å². The van der Waals surface area contributed by atoms with Gasteiger partial charge in [0.1, 0.15) is 5.71 Å². The highest BCUT2D eigenvalue weighted by atomic mass is 32.2. The normalized spacial score (nSPS) is 21.6. The van der Waals surface area contributed by atoms with E-state index in [1.165, 1.54) is 6.08 Å². The SMILES string of the molecule is CC1=CC(=NN=C2C=CC(=S(=O)(O)CC[N+](C)(C)C)C=C2)C(=O)C=C1. The Morgan fingerprint density at radius 2 is 1.68 bits per heavy atom. The van der Waals surface area contributed by atoms with E-state index in [1.807, 2.05) is 28.1 Å². The molecule has 1 unspecified atom stereocenters. The molecule has 0 aromatic carbocycles. The number of carbonyl (C=O) groups excluding carboxylic acids is 1. The lowest BCUT2D eigenvalue weighted by molar-refractivity contribution is -0.867. The maximum atomic E-state index is 12.5. The van der Waals surface area contributed by atoms with Crippen LogP contribution in [0.4, 0.5) is 0 Å². The zero-order chi connectivity index (χ0) is 18.7. The van der Waals surface area contributed by atoms with E-state index >= 15 is 0 Å². The van der Waals surface area contributed by atoms with E-state index in [0.717, 1.165) is 5.57 Å². The standard InChI is InChI=1S/C18H23N3O3S/c1-14-5-10-18(22)17(13-14)20-19-15-6-8-16(9-7-15)25(23,24)12-11-21(2,3)4/h5-10,13H,11-12H2,1-4H3/p+1. The van der Waals surface area contributed by atoms with Gasteiger partial charge in [-0.15, -0.1) is 5.10 Å². The number of ketones is 1. The summed E-state index contributed by atoms with van der Waals surface area (Å²) in [5.74, 6) is 0.00451. The fourth-order valence-electron chi connectivity index (χ4n) is 2.06.